The van der Waals surface area contributed by atoms with Gasteiger partial charge in [0.1, 0.15) is 6.33 Å². The molecule has 6 heteroatoms. The number of halogens is 1. The molecule has 0 spiro atoms. The summed E-state index contributed by atoms with van der Waals surface area (Å²) in [6, 6.07) is 0. The van der Waals surface area contributed by atoms with E-state index in [0.29, 0.717) is 5.41 Å². The van der Waals surface area contributed by atoms with Crippen LogP contribution >= 0.6 is 22.6 Å². The first kappa shape index (κ1) is 12.1. The summed E-state index contributed by atoms with van der Waals surface area (Å²) in [6.07, 6.45) is 6.02. The van der Waals surface area contributed by atoms with E-state index in [1.165, 1.54) is 12.8 Å². The van der Waals surface area contributed by atoms with Gasteiger partial charge in [-0.05, 0) is 40.8 Å². The zero-order valence-electron chi connectivity index (χ0n) is 10.6. The van der Waals surface area contributed by atoms with Crippen LogP contribution in [0.15, 0.2) is 12.5 Å². The van der Waals surface area contributed by atoms with Crippen LogP contribution in [-0.2, 0) is 0 Å². The van der Waals surface area contributed by atoms with Crippen LogP contribution in [0.25, 0.3) is 5.65 Å². The van der Waals surface area contributed by atoms with Crippen molar-refractivity contribution >= 4 is 34.2 Å². The molecule has 0 saturated carbocycles. The summed E-state index contributed by atoms with van der Waals surface area (Å²) in [5.41, 5.74) is 1.34. The zero-order chi connectivity index (χ0) is 12.8. The van der Waals surface area contributed by atoms with E-state index < -0.39 is 0 Å². The monoisotopic (exact) mass is 357 g/mol. The minimum absolute atomic E-state index is 0.450. The van der Waals surface area contributed by atoms with Crippen molar-refractivity contribution in [1.82, 2.24) is 19.6 Å². The van der Waals surface area contributed by atoms with Gasteiger partial charge in [-0.25, -0.2) is 4.98 Å². The first-order valence-corrected chi connectivity index (χ1v) is 7.24. The minimum atomic E-state index is 0.450. The first-order chi connectivity index (χ1) is 8.57. The van der Waals surface area contributed by atoms with Crippen molar-refractivity contribution < 1.29 is 0 Å². The molecule has 1 aliphatic rings. The lowest BCUT2D eigenvalue weighted by Gasteiger charge is -2.37. The highest BCUT2D eigenvalue weighted by molar-refractivity contribution is 14.1. The molecule has 0 N–H and O–H groups in total. The molecule has 2 aromatic heterocycles. The van der Waals surface area contributed by atoms with Gasteiger partial charge in [-0.3, -0.25) is 4.40 Å². The third kappa shape index (κ3) is 2.06. The maximum absolute atomic E-state index is 4.55. The summed E-state index contributed by atoms with van der Waals surface area (Å²) in [4.78, 5) is 6.88. The van der Waals surface area contributed by atoms with Crippen LogP contribution in [0.2, 0.25) is 0 Å². The SMILES string of the molecule is CC1(C)CCN(c2ncc(I)c3nncn23)CC1. The third-order valence-corrected chi connectivity index (χ3v) is 4.43. The van der Waals surface area contributed by atoms with Crippen molar-refractivity contribution in [2.45, 2.75) is 26.7 Å². The standard InChI is InChI=1S/C12H16IN5/c1-12(2)3-5-17(6-4-12)11-14-7-9(13)10-16-15-8-18(10)11/h7-8H,3-6H2,1-2H3. The van der Waals surface area contributed by atoms with Crippen molar-refractivity contribution in [3.05, 3.63) is 16.1 Å². The van der Waals surface area contributed by atoms with Gasteiger partial charge >= 0.3 is 0 Å². The Morgan fingerprint density at radius 3 is 2.72 bits per heavy atom. The van der Waals surface area contributed by atoms with Crippen LogP contribution in [0.4, 0.5) is 5.95 Å². The summed E-state index contributed by atoms with van der Waals surface area (Å²) in [5.74, 6) is 0.964. The van der Waals surface area contributed by atoms with Crippen molar-refractivity contribution in [1.29, 1.82) is 0 Å². The van der Waals surface area contributed by atoms with E-state index in [0.717, 1.165) is 28.3 Å². The number of fused-ring (bicyclic) bond motifs is 1. The summed E-state index contributed by atoms with van der Waals surface area (Å²) in [5, 5.41) is 8.13. The van der Waals surface area contributed by atoms with Gasteiger partial charge in [-0.2, -0.15) is 0 Å². The fourth-order valence-electron chi connectivity index (χ4n) is 2.32. The molecule has 3 rings (SSSR count). The predicted octanol–water partition coefficient (Wildman–Crippen LogP) is 2.36. The molecule has 1 fully saturated rings. The fraction of sp³-hybridized carbons (Fsp3) is 0.583. The van der Waals surface area contributed by atoms with Crippen LogP contribution < -0.4 is 4.90 Å². The minimum Gasteiger partial charge on any atom is -0.342 e. The van der Waals surface area contributed by atoms with E-state index in [1.54, 1.807) is 6.33 Å². The van der Waals surface area contributed by atoms with Crippen LogP contribution in [0.1, 0.15) is 26.7 Å². The first-order valence-electron chi connectivity index (χ1n) is 6.16. The van der Waals surface area contributed by atoms with Crippen LogP contribution in [0.5, 0.6) is 0 Å². The largest absolute Gasteiger partial charge is 0.342 e. The Bertz CT molecular complexity index is 567. The Kier molecular flexibility index (Phi) is 2.91. The number of hydrogen-bond donors (Lipinski definition) is 0. The second kappa shape index (κ2) is 4.32. The molecule has 0 atom stereocenters. The molecule has 0 aliphatic carbocycles. The number of anilines is 1. The van der Waals surface area contributed by atoms with Crippen molar-refractivity contribution in [3.8, 4) is 0 Å². The number of aromatic nitrogens is 4. The molecule has 1 saturated heterocycles. The van der Waals surface area contributed by atoms with Crippen LogP contribution in [-0.4, -0.2) is 32.7 Å². The van der Waals surface area contributed by atoms with Gasteiger partial charge in [-0.1, -0.05) is 13.8 Å². The molecule has 3 heterocycles. The van der Waals surface area contributed by atoms with E-state index in [1.807, 2.05) is 10.6 Å². The lowest BCUT2D eigenvalue weighted by Crippen LogP contribution is -2.38. The summed E-state index contributed by atoms with van der Waals surface area (Å²) in [7, 11) is 0. The van der Waals surface area contributed by atoms with Gasteiger partial charge in [0, 0.05) is 19.3 Å². The van der Waals surface area contributed by atoms with Crippen LogP contribution in [0.3, 0.4) is 0 Å². The number of rotatable bonds is 1. The van der Waals surface area contributed by atoms with Crippen molar-refractivity contribution in [2.75, 3.05) is 18.0 Å². The Labute approximate surface area is 120 Å². The third-order valence-electron chi connectivity index (χ3n) is 3.67. The van der Waals surface area contributed by atoms with Gasteiger partial charge in [-0.15, -0.1) is 10.2 Å². The molecule has 0 radical (unpaired) electrons. The molecule has 5 nitrogen and oxygen atoms in total. The number of hydrogen-bond acceptors (Lipinski definition) is 4. The molecule has 96 valence electrons. The predicted molar refractivity (Wildman–Crippen MR) is 78.7 cm³/mol. The lowest BCUT2D eigenvalue weighted by molar-refractivity contribution is 0.278. The molecule has 0 aromatic carbocycles. The smallest absolute Gasteiger partial charge is 0.212 e. The average Bonchev–Trinajstić information content (AvgIpc) is 2.80. The van der Waals surface area contributed by atoms with Crippen molar-refractivity contribution in [3.63, 3.8) is 0 Å². The van der Waals surface area contributed by atoms with Crippen LogP contribution in [0, 0.1) is 8.99 Å². The maximum Gasteiger partial charge on any atom is 0.212 e. The Balaban J connectivity index is 1.96. The topological polar surface area (TPSA) is 46.3 Å². The van der Waals surface area contributed by atoms with E-state index in [-0.39, 0.29) is 0 Å². The zero-order valence-corrected chi connectivity index (χ0v) is 12.8. The molecule has 1 aliphatic heterocycles. The molecule has 0 bridgehead atoms. The van der Waals surface area contributed by atoms with E-state index in [2.05, 4.69) is 56.5 Å². The second-order valence-corrected chi connectivity index (χ2v) is 6.74. The highest BCUT2D eigenvalue weighted by atomic mass is 127. The highest BCUT2D eigenvalue weighted by Gasteiger charge is 2.27. The van der Waals surface area contributed by atoms with Crippen molar-refractivity contribution in [2.24, 2.45) is 5.41 Å². The summed E-state index contributed by atoms with van der Waals surface area (Å²) < 4.78 is 3.02. The lowest BCUT2D eigenvalue weighted by atomic mass is 9.83. The Morgan fingerprint density at radius 2 is 2.00 bits per heavy atom. The normalized spacial score (nSPS) is 19.4. The Morgan fingerprint density at radius 1 is 1.28 bits per heavy atom. The quantitative estimate of drug-likeness (QED) is 0.736. The maximum atomic E-state index is 4.55. The van der Waals surface area contributed by atoms with Gasteiger partial charge in [0.15, 0.2) is 5.65 Å². The van der Waals surface area contributed by atoms with Gasteiger partial charge in [0.25, 0.3) is 0 Å². The van der Waals surface area contributed by atoms with Gasteiger partial charge in [0.05, 0.1) is 3.57 Å². The summed E-state index contributed by atoms with van der Waals surface area (Å²) >= 11 is 2.24. The average molecular weight is 357 g/mol. The van der Waals surface area contributed by atoms with E-state index in [9.17, 15) is 0 Å². The second-order valence-electron chi connectivity index (χ2n) is 5.58. The van der Waals surface area contributed by atoms with E-state index >= 15 is 0 Å². The number of nitrogens with zero attached hydrogens (tertiary/aromatic N) is 5. The van der Waals surface area contributed by atoms with Gasteiger partial charge < -0.3 is 4.90 Å². The molecular formula is C12H16IN5. The Hall–Kier alpha value is -0.920. The van der Waals surface area contributed by atoms with E-state index in [4.69, 9.17) is 0 Å². The fourth-order valence-corrected chi connectivity index (χ4v) is 2.83. The molecule has 0 amide bonds. The summed E-state index contributed by atoms with van der Waals surface area (Å²) in [6.45, 7) is 6.77. The molecule has 0 unspecified atom stereocenters. The molecule has 2 aromatic rings. The molecule has 18 heavy (non-hydrogen) atoms. The highest BCUT2D eigenvalue weighted by Crippen LogP contribution is 2.31. The number of piperidine rings is 1. The van der Waals surface area contributed by atoms with Gasteiger partial charge in [0.2, 0.25) is 5.95 Å². The molecular weight excluding hydrogens is 341 g/mol.